The fourth-order valence-corrected chi connectivity index (χ4v) is 2.44. The average molecular weight is 296 g/mol. The van der Waals surface area contributed by atoms with E-state index in [4.69, 9.17) is 0 Å². The van der Waals surface area contributed by atoms with Crippen LogP contribution >= 0.6 is 0 Å². The van der Waals surface area contributed by atoms with Crippen molar-refractivity contribution in [3.05, 3.63) is 53.6 Å². The number of anilines is 1. The fourth-order valence-electron chi connectivity index (χ4n) is 2.44. The first-order valence-electron chi connectivity index (χ1n) is 7.18. The molecule has 1 aliphatic heterocycles. The van der Waals surface area contributed by atoms with Crippen LogP contribution in [0, 0.1) is 0 Å². The molecule has 0 spiro atoms. The van der Waals surface area contributed by atoms with Crippen molar-refractivity contribution in [3.63, 3.8) is 0 Å². The van der Waals surface area contributed by atoms with Crippen molar-refractivity contribution < 1.29 is 9.59 Å². The van der Waals surface area contributed by atoms with E-state index in [9.17, 15) is 9.59 Å². The van der Waals surface area contributed by atoms with E-state index in [0.717, 1.165) is 17.7 Å². The Labute approximate surface area is 128 Å². The number of benzene rings is 1. The molecule has 6 nitrogen and oxygen atoms in total. The molecule has 1 aromatic heterocycles. The van der Waals surface area contributed by atoms with Crippen molar-refractivity contribution in [2.24, 2.45) is 0 Å². The third kappa shape index (κ3) is 2.81. The monoisotopic (exact) mass is 296 g/mol. The highest BCUT2D eigenvalue weighted by atomic mass is 16.2. The summed E-state index contributed by atoms with van der Waals surface area (Å²) in [5.74, 6) is 0.303. The lowest BCUT2D eigenvalue weighted by molar-refractivity contribution is -0.116. The van der Waals surface area contributed by atoms with E-state index in [0.29, 0.717) is 11.4 Å². The van der Waals surface area contributed by atoms with Gasteiger partial charge in [0, 0.05) is 24.5 Å². The number of rotatable bonds is 3. The van der Waals surface area contributed by atoms with E-state index >= 15 is 0 Å². The molecule has 1 unspecified atom stereocenters. The van der Waals surface area contributed by atoms with Gasteiger partial charge in [-0.25, -0.2) is 9.97 Å². The number of nitrogens with one attached hydrogen (secondary N) is 2. The first-order valence-corrected chi connectivity index (χ1v) is 7.18. The minimum absolute atomic E-state index is 0.110. The summed E-state index contributed by atoms with van der Waals surface area (Å²) in [4.78, 5) is 32.3. The lowest BCUT2D eigenvalue weighted by Gasteiger charge is -2.26. The van der Waals surface area contributed by atoms with Crippen molar-refractivity contribution in [3.8, 4) is 0 Å². The molecule has 1 aliphatic rings. The van der Waals surface area contributed by atoms with Gasteiger partial charge in [0.05, 0.1) is 18.0 Å². The maximum Gasteiger partial charge on any atom is 0.254 e. The van der Waals surface area contributed by atoms with Crippen molar-refractivity contribution in [1.82, 2.24) is 15.3 Å². The molecule has 112 valence electrons. The Morgan fingerprint density at radius 1 is 1.32 bits per heavy atom. The molecule has 0 bridgehead atoms. The van der Waals surface area contributed by atoms with Gasteiger partial charge in [-0.15, -0.1) is 0 Å². The minimum Gasteiger partial charge on any atom is -0.345 e. The number of para-hydroxylation sites is 1. The van der Waals surface area contributed by atoms with Gasteiger partial charge in [0.25, 0.3) is 5.91 Å². The van der Waals surface area contributed by atoms with Gasteiger partial charge in [-0.3, -0.25) is 9.59 Å². The Balaban J connectivity index is 1.80. The first kappa shape index (κ1) is 14.2. The molecule has 2 N–H and O–H groups in total. The summed E-state index contributed by atoms with van der Waals surface area (Å²) in [7, 11) is 0. The maximum absolute atomic E-state index is 12.3. The topological polar surface area (TPSA) is 84.0 Å². The number of aryl methyl sites for hydroxylation is 1. The number of carbonyl (C=O) groups excluding carboxylic acids is 2. The highest BCUT2D eigenvalue weighted by Crippen LogP contribution is 2.30. The molecule has 1 atom stereocenters. The lowest BCUT2D eigenvalue weighted by Crippen LogP contribution is -2.35. The van der Waals surface area contributed by atoms with Gasteiger partial charge in [0.15, 0.2) is 0 Å². The quantitative estimate of drug-likeness (QED) is 0.905. The molecule has 0 fully saturated rings. The summed E-state index contributed by atoms with van der Waals surface area (Å²) in [5, 5.41) is 5.68. The van der Waals surface area contributed by atoms with Gasteiger partial charge < -0.3 is 10.6 Å². The molecule has 2 aromatic rings. The standard InChI is InChI=1S/C16H16N4O2/c1-2-14-17-8-10(9-18-14)16(22)20-13-7-15(21)19-12-6-4-3-5-11(12)13/h3-6,8-9,13H,2,7H2,1H3,(H,19,21)(H,20,22). The summed E-state index contributed by atoms with van der Waals surface area (Å²) < 4.78 is 0. The number of aromatic nitrogens is 2. The van der Waals surface area contributed by atoms with Crippen LogP contribution in [0.25, 0.3) is 0 Å². The molecule has 0 radical (unpaired) electrons. The number of hydrogen-bond acceptors (Lipinski definition) is 4. The van der Waals surface area contributed by atoms with Gasteiger partial charge in [0.1, 0.15) is 5.82 Å². The highest BCUT2D eigenvalue weighted by molar-refractivity contribution is 5.97. The Morgan fingerprint density at radius 3 is 2.77 bits per heavy atom. The Bertz CT molecular complexity index is 712. The Kier molecular flexibility index (Phi) is 3.82. The zero-order valence-corrected chi connectivity index (χ0v) is 12.2. The van der Waals surface area contributed by atoms with Crippen LogP contribution in [0.2, 0.25) is 0 Å². The molecule has 0 aliphatic carbocycles. The molecule has 0 saturated carbocycles. The molecule has 3 rings (SSSR count). The smallest absolute Gasteiger partial charge is 0.254 e. The van der Waals surface area contributed by atoms with E-state index in [2.05, 4.69) is 20.6 Å². The predicted molar refractivity (Wildman–Crippen MR) is 81.3 cm³/mol. The van der Waals surface area contributed by atoms with Crippen LogP contribution in [0.3, 0.4) is 0 Å². The predicted octanol–water partition coefficient (Wildman–Crippen LogP) is 1.85. The fraction of sp³-hybridized carbons (Fsp3) is 0.250. The van der Waals surface area contributed by atoms with E-state index in [1.807, 2.05) is 31.2 Å². The van der Waals surface area contributed by atoms with Gasteiger partial charge in [-0.1, -0.05) is 25.1 Å². The maximum atomic E-state index is 12.3. The van der Waals surface area contributed by atoms with Crippen molar-refractivity contribution in [1.29, 1.82) is 0 Å². The number of hydrogen-bond donors (Lipinski definition) is 2. The van der Waals surface area contributed by atoms with Crippen LogP contribution in [0.5, 0.6) is 0 Å². The second kappa shape index (κ2) is 5.93. The molecule has 0 saturated heterocycles. The number of amides is 2. The number of fused-ring (bicyclic) bond motifs is 1. The average Bonchev–Trinajstić information content (AvgIpc) is 2.54. The number of nitrogens with zero attached hydrogens (tertiary/aromatic N) is 2. The molecular weight excluding hydrogens is 280 g/mol. The van der Waals surface area contributed by atoms with Crippen molar-refractivity contribution >= 4 is 17.5 Å². The second-order valence-corrected chi connectivity index (χ2v) is 5.11. The van der Waals surface area contributed by atoms with Crippen LogP contribution in [0.1, 0.15) is 41.1 Å². The van der Waals surface area contributed by atoms with Crippen LogP contribution in [-0.2, 0) is 11.2 Å². The van der Waals surface area contributed by atoms with Crippen LogP contribution in [0.4, 0.5) is 5.69 Å². The summed E-state index contributed by atoms with van der Waals surface area (Å²) in [6.45, 7) is 1.95. The molecule has 2 heterocycles. The lowest BCUT2D eigenvalue weighted by atomic mass is 9.97. The van der Waals surface area contributed by atoms with E-state index in [1.165, 1.54) is 12.4 Å². The zero-order chi connectivity index (χ0) is 15.5. The van der Waals surface area contributed by atoms with Crippen molar-refractivity contribution in [2.45, 2.75) is 25.8 Å². The SMILES string of the molecule is CCc1ncc(C(=O)NC2CC(=O)Nc3ccccc32)cn1. The molecule has 2 amide bonds. The summed E-state index contributed by atoms with van der Waals surface area (Å²) >= 11 is 0. The summed E-state index contributed by atoms with van der Waals surface area (Å²) in [6.07, 6.45) is 3.96. The molecule has 1 aromatic carbocycles. The third-order valence-electron chi connectivity index (χ3n) is 3.59. The van der Waals surface area contributed by atoms with Gasteiger partial charge >= 0.3 is 0 Å². The molecular formula is C16H16N4O2. The third-order valence-corrected chi connectivity index (χ3v) is 3.59. The zero-order valence-electron chi connectivity index (χ0n) is 12.2. The van der Waals surface area contributed by atoms with Crippen LogP contribution in [0.15, 0.2) is 36.7 Å². The second-order valence-electron chi connectivity index (χ2n) is 5.11. The van der Waals surface area contributed by atoms with E-state index in [-0.39, 0.29) is 24.3 Å². The van der Waals surface area contributed by atoms with Crippen LogP contribution in [-0.4, -0.2) is 21.8 Å². The van der Waals surface area contributed by atoms with Gasteiger partial charge in [-0.2, -0.15) is 0 Å². The molecule has 6 heteroatoms. The summed E-state index contributed by atoms with van der Waals surface area (Å²) in [5.41, 5.74) is 2.03. The first-order chi connectivity index (χ1) is 10.7. The normalized spacial score (nSPS) is 16.6. The van der Waals surface area contributed by atoms with Crippen molar-refractivity contribution in [2.75, 3.05) is 5.32 Å². The van der Waals surface area contributed by atoms with Gasteiger partial charge in [-0.05, 0) is 11.6 Å². The van der Waals surface area contributed by atoms with Crippen LogP contribution < -0.4 is 10.6 Å². The van der Waals surface area contributed by atoms with E-state index < -0.39 is 0 Å². The summed E-state index contributed by atoms with van der Waals surface area (Å²) in [6, 6.07) is 7.11. The van der Waals surface area contributed by atoms with Gasteiger partial charge in [0.2, 0.25) is 5.91 Å². The Morgan fingerprint density at radius 2 is 2.05 bits per heavy atom. The van der Waals surface area contributed by atoms with E-state index in [1.54, 1.807) is 0 Å². The number of carbonyl (C=O) groups is 2. The highest BCUT2D eigenvalue weighted by Gasteiger charge is 2.26. The minimum atomic E-state index is -0.344. The Hall–Kier alpha value is -2.76. The largest absolute Gasteiger partial charge is 0.345 e. The molecule has 22 heavy (non-hydrogen) atoms.